The van der Waals surface area contributed by atoms with Gasteiger partial charge in [-0.3, -0.25) is 4.79 Å². The van der Waals surface area contributed by atoms with Gasteiger partial charge in [-0.05, 0) is 36.6 Å². The quantitative estimate of drug-likeness (QED) is 0.297. The molecular weight excluding hydrogens is 470 g/mol. The zero-order valence-corrected chi connectivity index (χ0v) is 21.0. The number of oxazole rings is 1. The summed E-state index contributed by atoms with van der Waals surface area (Å²) in [6.45, 7) is 6.88. The van der Waals surface area contributed by atoms with E-state index in [0.717, 1.165) is 16.5 Å². The molecule has 0 atom stereocenters. The van der Waals surface area contributed by atoms with Crippen molar-refractivity contribution in [3.63, 3.8) is 0 Å². The highest BCUT2D eigenvalue weighted by molar-refractivity contribution is 7.99. The van der Waals surface area contributed by atoms with Crippen LogP contribution in [0.5, 0.6) is 0 Å². The normalized spacial score (nSPS) is 12.0. The van der Waals surface area contributed by atoms with Crippen molar-refractivity contribution in [1.82, 2.24) is 9.29 Å². The number of carbonyl (C=O) groups is 1. The zero-order chi connectivity index (χ0) is 24.3. The minimum atomic E-state index is -3.59. The fourth-order valence-corrected chi connectivity index (χ4v) is 6.14. The van der Waals surface area contributed by atoms with Gasteiger partial charge in [0, 0.05) is 25.0 Å². The molecule has 0 saturated heterocycles. The maximum absolute atomic E-state index is 13.1. The molecule has 4 rings (SSSR count). The molecule has 1 heterocycles. The Balaban J connectivity index is 1.53. The van der Waals surface area contributed by atoms with Crippen molar-refractivity contribution in [3.05, 3.63) is 60.7 Å². The number of hydrogen-bond donors (Lipinski definition) is 0. The Kier molecular flexibility index (Phi) is 7.25. The Labute approximate surface area is 203 Å². The second-order valence-corrected chi connectivity index (χ2v) is 10.5. The Hall–Kier alpha value is -2.88. The molecule has 3 aromatic carbocycles. The van der Waals surface area contributed by atoms with Crippen molar-refractivity contribution in [2.45, 2.75) is 30.9 Å². The van der Waals surface area contributed by atoms with Crippen LogP contribution in [0.1, 0.15) is 20.8 Å². The molecule has 0 aliphatic carbocycles. The van der Waals surface area contributed by atoms with E-state index < -0.39 is 10.0 Å². The fourth-order valence-electron chi connectivity index (χ4n) is 3.95. The lowest BCUT2D eigenvalue weighted by atomic mass is 10.1. The number of sulfonamides is 1. The van der Waals surface area contributed by atoms with Gasteiger partial charge in [0.1, 0.15) is 5.52 Å². The zero-order valence-electron chi connectivity index (χ0n) is 19.4. The summed E-state index contributed by atoms with van der Waals surface area (Å²) in [4.78, 5) is 19.4. The van der Waals surface area contributed by atoms with Crippen LogP contribution in [-0.2, 0) is 14.8 Å². The average Bonchev–Trinajstić information content (AvgIpc) is 3.26. The molecule has 9 heteroatoms. The number of anilines is 1. The predicted molar refractivity (Wildman–Crippen MR) is 137 cm³/mol. The SMILES string of the molecule is CCN(C(=O)CSc1nc2cc(S(=O)(=O)N(CC)CC)ccc2o1)c1cccc2ccccc12. The number of hydrogen-bond acceptors (Lipinski definition) is 6. The number of fused-ring (bicyclic) bond motifs is 2. The largest absolute Gasteiger partial charge is 0.431 e. The van der Waals surface area contributed by atoms with Crippen LogP contribution in [0.15, 0.2) is 75.2 Å². The van der Waals surface area contributed by atoms with Crippen LogP contribution in [0.25, 0.3) is 21.9 Å². The standard InChI is InChI=1S/C25H27N3O4S2/c1-4-27(5-2)34(30,31)19-14-15-23-21(16-19)26-25(32-23)33-17-24(29)28(6-3)22-13-9-11-18-10-7-8-12-20(18)22/h7-16H,4-6,17H2,1-3H3. The highest BCUT2D eigenvalue weighted by Gasteiger charge is 2.23. The van der Waals surface area contributed by atoms with Gasteiger partial charge < -0.3 is 9.32 Å². The second-order valence-electron chi connectivity index (χ2n) is 7.62. The molecule has 0 saturated carbocycles. The van der Waals surface area contributed by atoms with Crippen molar-refractivity contribution in [2.24, 2.45) is 0 Å². The third-order valence-electron chi connectivity index (χ3n) is 5.68. The molecule has 0 N–H and O–H groups in total. The van der Waals surface area contributed by atoms with Crippen LogP contribution in [0.2, 0.25) is 0 Å². The molecule has 0 aliphatic rings. The predicted octanol–water partition coefficient (Wildman–Crippen LogP) is 5.16. The van der Waals surface area contributed by atoms with Crippen molar-refractivity contribution in [1.29, 1.82) is 0 Å². The first kappa shape index (κ1) is 24.3. The summed E-state index contributed by atoms with van der Waals surface area (Å²) >= 11 is 1.20. The van der Waals surface area contributed by atoms with E-state index in [1.807, 2.05) is 49.4 Å². The van der Waals surface area contributed by atoms with E-state index in [0.29, 0.717) is 36.0 Å². The van der Waals surface area contributed by atoms with Crippen molar-refractivity contribution >= 4 is 55.3 Å². The van der Waals surface area contributed by atoms with Crippen molar-refractivity contribution < 1.29 is 17.6 Å². The molecule has 34 heavy (non-hydrogen) atoms. The van der Waals surface area contributed by atoms with Crippen LogP contribution >= 0.6 is 11.8 Å². The fraction of sp³-hybridized carbons (Fsp3) is 0.280. The summed E-state index contributed by atoms with van der Waals surface area (Å²) < 4.78 is 32.8. The van der Waals surface area contributed by atoms with E-state index in [9.17, 15) is 13.2 Å². The van der Waals surface area contributed by atoms with Gasteiger partial charge in [-0.2, -0.15) is 4.31 Å². The van der Waals surface area contributed by atoms with Crippen LogP contribution in [0, 0.1) is 0 Å². The van der Waals surface area contributed by atoms with Gasteiger partial charge in [-0.1, -0.05) is 62.0 Å². The molecule has 1 aromatic heterocycles. The van der Waals surface area contributed by atoms with Gasteiger partial charge in [0.05, 0.1) is 16.3 Å². The van der Waals surface area contributed by atoms with Crippen molar-refractivity contribution in [3.8, 4) is 0 Å². The van der Waals surface area contributed by atoms with E-state index in [4.69, 9.17) is 4.42 Å². The highest BCUT2D eigenvalue weighted by Crippen LogP contribution is 2.29. The number of nitrogens with zero attached hydrogens (tertiary/aromatic N) is 3. The Bertz CT molecular complexity index is 1420. The molecule has 7 nitrogen and oxygen atoms in total. The number of benzene rings is 3. The van der Waals surface area contributed by atoms with Crippen LogP contribution in [0.4, 0.5) is 5.69 Å². The first-order valence-electron chi connectivity index (χ1n) is 11.2. The Morgan fingerprint density at radius 3 is 2.44 bits per heavy atom. The minimum absolute atomic E-state index is 0.0593. The summed E-state index contributed by atoms with van der Waals surface area (Å²) in [5, 5.41) is 2.43. The third-order valence-corrected chi connectivity index (χ3v) is 8.54. The van der Waals surface area contributed by atoms with E-state index in [2.05, 4.69) is 4.98 Å². The molecule has 0 spiro atoms. The summed E-state index contributed by atoms with van der Waals surface area (Å²) in [5.74, 6) is 0.0880. The number of amides is 1. The number of thioether (sulfide) groups is 1. The van der Waals surface area contributed by atoms with Gasteiger partial charge in [-0.15, -0.1) is 0 Å². The van der Waals surface area contributed by atoms with Crippen molar-refractivity contribution in [2.75, 3.05) is 30.3 Å². The molecular formula is C25H27N3O4S2. The lowest BCUT2D eigenvalue weighted by Crippen LogP contribution is -2.32. The summed E-state index contributed by atoms with van der Waals surface area (Å²) in [6.07, 6.45) is 0. The summed E-state index contributed by atoms with van der Waals surface area (Å²) in [7, 11) is -3.59. The molecule has 0 bridgehead atoms. The van der Waals surface area contributed by atoms with Gasteiger partial charge in [-0.25, -0.2) is 13.4 Å². The monoisotopic (exact) mass is 497 g/mol. The molecule has 0 radical (unpaired) electrons. The maximum Gasteiger partial charge on any atom is 0.257 e. The Morgan fingerprint density at radius 2 is 1.71 bits per heavy atom. The lowest BCUT2D eigenvalue weighted by molar-refractivity contribution is -0.116. The topological polar surface area (TPSA) is 83.7 Å². The van der Waals surface area contributed by atoms with Gasteiger partial charge in [0.25, 0.3) is 5.22 Å². The lowest BCUT2D eigenvalue weighted by Gasteiger charge is -2.22. The van der Waals surface area contributed by atoms with Gasteiger partial charge in [0.15, 0.2) is 5.58 Å². The van der Waals surface area contributed by atoms with Crippen LogP contribution in [0.3, 0.4) is 0 Å². The highest BCUT2D eigenvalue weighted by atomic mass is 32.2. The molecule has 0 fully saturated rings. The number of rotatable bonds is 9. The maximum atomic E-state index is 13.1. The third kappa shape index (κ3) is 4.68. The molecule has 1 amide bonds. The first-order chi connectivity index (χ1) is 16.4. The first-order valence-corrected chi connectivity index (χ1v) is 13.6. The molecule has 0 unspecified atom stereocenters. The number of carbonyl (C=O) groups excluding carboxylic acids is 1. The van der Waals surface area contributed by atoms with E-state index in [1.54, 1.807) is 24.8 Å². The minimum Gasteiger partial charge on any atom is -0.431 e. The average molecular weight is 498 g/mol. The van der Waals surface area contributed by atoms with E-state index in [1.165, 1.54) is 28.2 Å². The van der Waals surface area contributed by atoms with E-state index in [-0.39, 0.29) is 16.6 Å². The second kappa shape index (κ2) is 10.2. The molecule has 4 aromatic rings. The van der Waals surface area contributed by atoms with Crippen LogP contribution in [-0.4, -0.2) is 49.0 Å². The van der Waals surface area contributed by atoms with Gasteiger partial charge in [0.2, 0.25) is 15.9 Å². The molecule has 178 valence electrons. The van der Waals surface area contributed by atoms with Gasteiger partial charge >= 0.3 is 0 Å². The summed E-state index contributed by atoms with van der Waals surface area (Å²) in [6, 6.07) is 18.6. The van der Waals surface area contributed by atoms with Crippen LogP contribution < -0.4 is 4.90 Å². The summed E-state index contributed by atoms with van der Waals surface area (Å²) in [5.41, 5.74) is 1.80. The molecule has 0 aliphatic heterocycles. The van der Waals surface area contributed by atoms with E-state index >= 15 is 0 Å². The number of aromatic nitrogens is 1. The smallest absolute Gasteiger partial charge is 0.257 e. The Morgan fingerprint density at radius 1 is 0.971 bits per heavy atom.